The van der Waals surface area contributed by atoms with E-state index in [4.69, 9.17) is 5.21 Å². The first-order valence-electron chi connectivity index (χ1n) is 5.01. The Morgan fingerprint density at radius 1 is 1.33 bits per heavy atom. The number of hydroxylamine groups is 1. The predicted molar refractivity (Wildman–Crippen MR) is 60.0 cm³/mol. The lowest BCUT2D eigenvalue weighted by atomic mass is 10.1. The number of benzene rings is 1. The molecule has 3 N–H and O–H groups in total. The number of nitrogens with one attached hydrogen (secondary N) is 2. The minimum atomic E-state index is -0.657. The van der Waals surface area contributed by atoms with Gasteiger partial charge in [-0.05, 0) is 6.07 Å². The van der Waals surface area contributed by atoms with Gasteiger partial charge in [0.1, 0.15) is 5.56 Å². The monoisotopic (exact) mass is 253 g/mol. The standard InChI is InChI=1S/C10H11N3O5/c14-9(12-16)5-6-11-10(15)7-3-1-2-4-8(7)13(17)18/h1-4,16H,5-6H2,(H,11,15)(H,12,14). The van der Waals surface area contributed by atoms with Crippen LogP contribution in [0.15, 0.2) is 24.3 Å². The summed E-state index contributed by atoms with van der Waals surface area (Å²) in [6.07, 6.45) is -0.122. The Morgan fingerprint density at radius 2 is 2.00 bits per heavy atom. The Kier molecular flexibility index (Phi) is 4.76. The second-order valence-electron chi connectivity index (χ2n) is 3.32. The number of amides is 2. The van der Waals surface area contributed by atoms with Gasteiger partial charge in [-0.2, -0.15) is 0 Å². The lowest BCUT2D eigenvalue weighted by molar-refractivity contribution is -0.385. The number of nitro benzene ring substituents is 1. The number of rotatable bonds is 5. The van der Waals surface area contributed by atoms with Gasteiger partial charge in [-0.15, -0.1) is 0 Å². The molecule has 0 aromatic heterocycles. The van der Waals surface area contributed by atoms with Crippen molar-refractivity contribution in [3.63, 3.8) is 0 Å². The summed E-state index contributed by atoms with van der Waals surface area (Å²) < 4.78 is 0. The van der Waals surface area contributed by atoms with Gasteiger partial charge in [-0.1, -0.05) is 12.1 Å². The highest BCUT2D eigenvalue weighted by Crippen LogP contribution is 2.17. The molecule has 0 fully saturated rings. The molecule has 18 heavy (non-hydrogen) atoms. The highest BCUT2D eigenvalue weighted by molar-refractivity contribution is 5.98. The molecule has 0 heterocycles. The number of carbonyl (C=O) groups excluding carboxylic acids is 2. The van der Waals surface area contributed by atoms with Crippen LogP contribution < -0.4 is 10.8 Å². The van der Waals surface area contributed by atoms with Gasteiger partial charge < -0.3 is 5.32 Å². The predicted octanol–water partition coefficient (Wildman–Crippen LogP) is 0.220. The zero-order valence-corrected chi connectivity index (χ0v) is 9.25. The van der Waals surface area contributed by atoms with Crippen molar-refractivity contribution in [2.75, 3.05) is 6.54 Å². The molecule has 8 nitrogen and oxygen atoms in total. The van der Waals surface area contributed by atoms with Crippen molar-refractivity contribution in [3.05, 3.63) is 39.9 Å². The highest BCUT2D eigenvalue weighted by atomic mass is 16.6. The normalized spacial score (nSPS) is 9.61. The van der Waals surface area contributed by atoms with Crippen LogP contribution in [-0.4, -0.2) is 28.5 Å². The fraction of sp³-hybridized carbons (Fsp3) is 0.200. The molecule has 0 unspecified atom stereocenters. The van der Waals surface area contributed by atoms with Crippen LogP contribution in [0.5, 0.6) is 0 Å². The lowest BCUT2D eigenvalue weighted by Crippen LogP contribution is -2.29. The minimum Gasteiger partial charge on any atom is -0.351 e. The number of carbonyl (C=O) groups is 2. The maximum absolute atomic E-state index is 11.6. The summed E-state index contributed by atoms with van der Waals surface area (Å²) in [6.45, 7) is -0.0305. The maximum Gasteiger partial charge on any atom is 0.282 e. The molecule has 2 amide bonds. The van der Waals surface area contributed by atoms with Gasteiger partial charge in [0, 0.05) is 19.0 Å². The van der Waals surface area contributed by atoms with E-state index >= 15 is 0 Å². The van der Waals surface area contributed by atoms with E-state index < -0.39 is 16.7 Å². The first-order chi connectivity index (χ1) is 8.56. The molecule has 0 saturated carbocycles. The number of nitro groups is 1. The van der Waals surface area contributed by atoms with E-state index in [9.17, 15) is 19.7 Å². The van der Waals surface area contributed by atoms with Crippen molar-refractivity contribution < 1.29 is 19.7 Å². The van der Waals surface area contributed by atoms with Crippen LogP contribution in [0, 0.1) is 10.1 Å². The zero-order valence-electron chi connectivity index (χ0n) is 9.25. The van der Waals surface area contributed by atoms with E-state index in [1.807, 2.05) is 0 Å². The van der Waals surface area contributed by atoms with E-state index in [2.05, 4.69) is 5.32 Å². The van der Waals surface area contributed by atoms with Gasteiger partial charge in [0.2, 0.25) is 5.91 Å². The zero-order chi connectivity index (χ0) is 13.5. The van der Waals surface area contributed by atoms with Crippen molar-refractivity contribution in [1.82, 2.24) is 10.8 Å². The molecular weight excluding hydrogens is 242 g/mol. The summed E-state index contributed by atoms with van der Waals surface area (Å²) in [5.74, 6) is -1.30. The van der Waals surface area contributed by atoms with Crippen LogP contribution in [0.3, 0.4) is 0 Å². The molecule has 0 bridgehead atoms. The van der Waals surface area contributed by atoms with Gasteiger partial charge >= 0.3 is 0 Å². The van der Waals surface area contributed by atoms with Crippen molar-refractivity contribution >= 4 is 17.5 Å². The van der Waals surface area contributed by atoms with Gasteiger partial charge in [0.25, 0.3) is 11.6 Å². The maximum atomic E-state index is 11.6. The summed E-state index contributed by atoms with van der Waals surface area (Å²) >= 11 is 0. The van der Waals surface area contributed by atoms with Crippen LogP contribution in [0.1, 0.15) is 16.8 Å². The Hall–Kier alpha value is -2.48. The molecule has 96 valence electrons. The van der Waals surface area contributed by atoms with E-state index in [1.54, 1.807) is 0 Å². The molecule has 1 rings (SSSR count). The molecular formula is C10H11N3O5. The third-order valence-corrected chi connectivity index (χ3v) is 2.11. The lowest BCUT2D eigenvalue weighted by Gasteiger charge is -2.04. The Morgan fingerprint density at radius 3 is 2.61 bits per heavy atom. The molecule has 1 aromatic rings. The second-order valence-corrected chi connectivity index (χ2v) is 3.32. The number of hydrogen-bond donors (Lipinski definition) is 3. The number of nitrogens with zero attached hydrogens (tertiary/aromatic N) is 1. The van der Waals surface area contributed by atoms with E-state index in [1.165, 1.54) is 29.7 Å². The van der Waals surface area contributed by atoms with Crippen LogP contribution in [-0.2, 0) is 4.79 Å². The topological polar surface area (TPSA) is 122 Å². The van der Waals surface area contributed by atoms with Crippen molar-refractivity contribution in [2.24, 2.45) is 0 Å². The third kappa shape index (κ3) is 3.52. The molecule has 0 aliphatic carbocycles. The van der Waals surface area contributed by atoms with Crippen LogP contribution in [0.25, 0.3) is 0 Å². The van der Waals surface area contributed by atoms with E-state index in [0.717, 1.165) is 0 Å². The SMILES string of the molecule is O=C(CCNC(=O)c1ccccc1[N+](=O)[O-])NO. The van der Waals surface area contributed by atoms with Crippen molar-refractivity contribution in [2.45, 2.75) is 6.42 Å². The van der Waals surface area contributed by atoms with Crippen molar-refractivity contribution in [1.29, 1.82) is 0 Å². The average Bonchev–Trinajstić information content (AvgIpc) is 2.38. The van der Waals surface area contributed by atoms with Crippen molar-refractivity contribution in [3.8, 4) is 0 Å². The Balaban J connectivity index is 2.67. The smallest absolute Gasteiger partial charge is 0.282 e. The summed E-state index contributed by atoms with van der Waals surface area (Å²) in [4.78, 5) is 32.3. The molecule has 8 heteroatoms. The quantitative estimate of drug-likeness (QED) is 0.393. The summed E-state index contributed by atoms with van der Waals surface area (Å²) in [5.41, 5.74) is 1.03. The summed E-state index contributed by atoms with van der Waals surface area (Å²) in [6, 6.07) is 5.49. The van der Waals surface area contributed by atoms with Crippen LogP contribution >= 0.6 is 0 Å². The van der Waals surface area contributed by atoms with Gasteiger partial charge in [0.15, 0.2) is 0 Å². The van der Waals surface area contributed by atoms with Gasteiger partial charge in [-0.25, -0.2) is 5.48 Å². The Labute approximate surface area is 102 Å². The molecule has 0 atom stereocenters. The van der Waals surface area contributed by atoms with E-state index in [0.29, 0.717) is 0 Å². The summed E-state index contributed by atoms with van der Waals surface area (Å²) in [7, 11) is 0. The average molecular weight is 253 g/mol. The second kappa shape index (κ2) is 6.30. The van der Waals surface area contributed by atoms with E-state index in [-0.39, 0.29) is 24.2 Å². The fourth-order valence-corrected chi connectivity index (χ4v) is 1.27. The van der Waals surface area contributed by atoms with Gasteiger partial charge in [0.05, 0.1) is 4.92 Å². The molecule has 0 radical (unpaired) electrons. The van der Waals surface area contributed by atoms with Crippen LogP contribution in [0.2, 0.25) is 0 Å². The molecule has 0 spiro atoms. The largest absolute Gasteiger partial charge is 0.351 e. The van der Waals surface area contributed by atoms with Gasteiger partial charge in [-0.3, -0.25) is 24.9 Å². The highest BCUT2D eigenvalue weighted by Gasteiger charge is 2.18. The third-order valence-electron chi connectivity index (χ3n) is 2.11. The fourth-order valence-electron chi connectivity index (χ4n) is 1.27. The number of para-hydroxylation sites is 1. The molecule has 0 aliphatic heterocycles. The Bertz CT molecular complexity index is 474. The molecule has 1 aromatic carbocycles. The minimum absolute atomic E-state index is 0.0305. The van der Waals surface area contributed by atoms with Crippen LogP contribution in [0.4, 0.5) is 5.69 Å². The first kappa shape index (κ1) is 13.6. The number of hydrogen-bond acceptors (Lipinski definition) is 5. The summed E-state index contributed by atoms with van der Waals surface area (Å²) in [5, 5.41) is 21.3. The molecule has 0 saturated heterocycles. The molecule has 0 aliphatic rings. The first-order valence-corrected chi connectivity index (χ1v) is 5.01.